The van der Waals surface area contributed by atoms with Gasteiger partial charge in [0.1, 0.15) is 5.52 Å². The van der Waals surface area contributed by atoms with Gasteiger partial charge in [-0.15, -0.1) is 5.10 Å². The topological polar surface area (TPSA) is 88.5 Å². The lowest BCUT2D eigenvalue weighted by Gasteiger charge is -2.23. The molecule has 0 radical (unpaired) electrons. The Morgan fingerprint density at radius 3 is 2.85 bits per heavy atom. The van der Waals surface area contributed by atoms with E-state index in [4.69, 9.17) is 0 Å². The van der Waals surface area contributed by atoms with Crippen molar-refractivity contribution in [1.29, 1.82) is 0 Å². The van der Waals surface area contributed by atoms with Gasteiger partial charge in [-0.25, -0.2) is 4.68 Å². The number of rotatable bonds is 2. The molecule has 2 N–H and O–H groups in total. The highest BCUT2D eigenvalue weighted by molar-refractivity contribution is 5.96. The molecule has 0 spiro atoms. The number of aromatic nitrogens is 5. The van der Waals surface area contributed by atoms with Gasteiger partial charge in [0, 0.05) is 24.9 Å². The molecular weight excluding hydrogens is 328 g/mol. The summed E-state index contributed by atoms with van der Waals surface area (Å²) in [4.78, 5) is 12.2. The number of anilines is 1. The number of hydrogen-bond acceptors (Lipinski definition) is 4. The molecule has 4 aromatic rings. The minimum Gasteiger partial charge on any atom is -0.309 e. The zero-order chi connectivity index (χ0) is 17.7. The van der Waals surface area contributed by atoms with E-state index in [-0.39, 0.29) is 11.8 Å². The second-order valence-corrected chi connectivity index (χ2v) is 6.49. The Hall–Kier alpha value is -3.48. The standard InChI is InChI=1S/C19H16N6O/c1-25-15-8-7-12(9-14(15)21-24-25)13-10-16(26)20-19-17(13)18(22-23-19)11-5-3-2-4-6-11/h2-9,13H,10H2,1H3,(H2,20,22,23,26)/t13-/m1/s1. The summed E-state index contributed by atoms with van der Waals surface area (Å²) in [7, 11) is 1.87. The lowest BCUT2D eigenvalue weighted by atomic mass is 9.84. The van der Waals surface area contributed by atoms with Crippen molar-refractivity contribution in [2.45, 2.75) is 12.3 Å². The molecule has 1 aliphatic heterocycles. The van der Waals surface area contributed by atoms with Crippen molar-refractivity contribution in [2.24, 2.45) is 7.05 Å². The van der Waals surface area contributed by atoms with Gasteiger partial charge in [-0.2, -0.15) is 5.10 Å². The smallest absolute Gasteiger partial charge is 0.226 e. The number of H-pyrrole nitrogens is 1. The summed E-state index contributed by atoms with van der Waals surface area (Å²) >= 11 is 0. The Morgan fingerprint density at radius 2 is 2.00 bits per heavy atom. The number of aryl methyl sites for hydroxylation is 1. The molecule has 2 aromatic carbocycles. The van der Waals surface area contributed by atoms with Gasteiger partial charge in [-0.1, -0.05) is 41.6 Å². The molecule has 0 saturated carbocycles. The third-order valence-electron chi connectivity index (χ3n) is 4.90. The first-order chi connectivity index (χ1) is 12.7. The van der Waals surface area contributed by atoms with Gasteiger partial charge in [-0.05, 0) is 23.3 Å². The van der Waals surface area contributed by atoms with Crippen molar-refractivity contribution >= 4 is 22.8 Å². The van der Waals surface area contributed by atoms with Crippen LogP contribution in [-0.4, -0.2) is 31.1 Å². The van der Waals surface area contributed by atoms with E-state index in [0.717, 1.165) is 33.4 Å². The fraction of sp³-hybridized carbons (Fsp3) is 0.158. The summed E-state index contributed by atoms with van der Waals surface area (Å²) in [6.07, 6.45) is 0.373. The maximum atomic E-state index is 12.2. The van der Waals surface area contributed by atoms with E-state index in [1.165, 1.54) is 0 Å². The van der Waals surface area contributed by atoms with Crippen molar-refractivity contribution in [3.8, 4) is 11.3 Å². The Bertz CT molecular complexity index is 1130. The number of carbonyl (C=O) groups excluding carboxylic acids is 1. The average molecular weight is 344 g/mol. The van der Waals surface area contributed by atoms with Crippen LogP contribution in [-0.2, 0) is 11.8 Å². The number of nitrogens with one attached hydrogen (secondary N) is 2. The van der Waals surface area contributed by atoms with Crippen molar-refractivity contribution in [3.05, 3.63) is 59.7 Å². The first kappa shape index (κ1) is 14.8. The Morgan fingerprint density at radius 1 is 1.15 bits per heavy atom. The average Bonchev–Trinajstić information content (AvgIpc) is 3.25. The first-order valence-electron chi connectivity index (χ1n) is 8.43. The monoisotopic (exact) mass is 344 g/mol. The van der Waals surface area contributed by atoms with Gasteiger partial charge in [0.15, 0.2) is 5.82 Å². The van der Waals surface area contributed by atoms with E-state index < -0.39 is 0 Å². The molecule has 0 fully saturated rings. The molecule has 7 heteroatoms. The quantitative estimate of drug-likeness (QED) is 0.585. The van der Waals surface area contributed by atoms with Crippen LogP contribution in [0.1, 0.15) is 23.5 Å². The van der Waals surface area contributed by atoms with Gasteiger partial charge in [-0.3, -0.25) is 9.89 Å². The third-order valence-corrected chi connectivity index (χ3v) is 4.90. The zero-order valence-corrected chi connectivity index (χ0v) is 14.1. The molecular formula is C19H16N6O. The predicted molar refractivity (Wildman–Crippen MR) is 97.6 cm³/mol. The normalized spacial score (nSPS) is 16.5. The molecule has 0 unspecified atom stereocenters. The van der Waals surface area contributed by atoms with E-state index in [0.29, 0.717) is 12.2 Å². The Labute approximate surface area is 149 Å². The molecule has 1 amide bonds. The number of hydrogen-bond donors (Lipinski definition) is 2. The highest BCUT2D eigenvalue weighted by Gasteiger charge is 2.32. The first-order valence-corrected chi connectivity index (χ1v) is 8.43. The summed E-state index contributed by atoms with van der Waals surface area (Å²) in [5, 5.41) is 18.6. The third kappa shape index (κ3) is 2.21. The fourth-order valence-electron chi connectivity index (χ4n) is 3.64. The molecule has 1 aliphatic rings. The van der Waals surface area contributed by atoms with E-state index >= 15 is 0 Å². The largest absolute Gasteiger partial charge is 0.309 e. The van der Waals surface area contributed by atoms with Crippen LogP contribution in [0.25, 0.3) is 22.3 Å². The van der Waals surface area contributed by atoms with Crippen LogP contribution >= 0.6 is 0 Å². The fourth-order valence-corrected chi connectivity index (χ4v) is 3.64. The molecule has 0 bridgehead atoms. The highest BCUT2D eigenvalue weighted by Crippen LogP contribution is 2.42. The second-order valence-electron chi connectivity index (χ2n) is 6.49. The van der Waals surface area contributed by atoms with Gasteiger partial charge >= 0.3 is 0 Å². The Balaban J connectivity index is 1.68. The molecule has 7 nitrogen and oxygen atoms in total. The van der Waals surface area contributed by atoms with Crippen molar-refractivity contribution < 1.29 is 4.79 Å². The molecule has 5 rings (SSSR count). The lowest BCUT2D eigenvalue weighted by molar-refractivity contribution is -0.116. The van der Waals surface area contributed by atoms with Crippen LogP contribution in [0.2, 0.25) is 0 Å². The van der Waals surface area contributed by atoms with E-state index in [1.807, 2.05) is 55.6 Å². The molecule has 1 atom stereocenters. The molecule has 0 aliphatic carbocycles. The van der Waals surface area contributed by atoms with Gasteiger partial charge in [0.05, 0.1) is 11.2 Å². The number of aromatic amines is 1. The van der Waals surface area contributed by atoms with E-state index in [2.05, 4.69) is 25.8 Å². The van der Waals surface area contributed by atoms with Crippen LogP contribution in [0.5, 0.6) is 0 Å². The highest BCUT2D eigenvalue weighted by atomic mass is 16.1. The lowest BCUT2D eigenvalue weighted by Crippen LogP contribution is -2.23. The second kappa shape index (κ2) is 5.52. The van der Waals surface area contributed by atoms with Gasteiger partial charge < -0.3 is 5.32 Å². The molecule has 128 valence electrons. The van der Waals surface area contributed by atoms with Gasteiger partial charge in [0.2, 0.25) is 5.91 Å². The SMILES string of the molecule is Cn1nnc2cc([C@H]3CC(=O)Nc4n[nH]c(-c5ccccc5)c43)ccc21. The Kier molecular flexibility index (Phi) is 3.15. The van der Waals surface area contributed by atoms with Gasteiger partial charge in [0.25, 0.3) is 0 Å². The minimum absolute atomic E-state index is 0.0344. The summed E-state index contributed by atoms with van der Waals surface area (Å²) in [5.74, 6) is 0.483. The minimum atomic E-state index is -0.0842. The maximum Gasteiger partial charge on any atom is 0.226 e. The van der Waals surface area contributed by atoms with Crippen LogP contribution in [0.15, 0.2) is 48.5 Å². The van der Waals surface area contributed by atoms with Crippen molar-refractivity contribution in [3.63, 3.8) is 0 Å². The maximum absolute atomic E-state index is 12.2. The van der Waals surface area contributed by atoms with Crippen molar-refractivity contribution in [1.82, 2.24) is 25.2 Å². The number of amides is 1. The predicted octanol–water partition coefficient (Wildman–Crippen LogP) is 2.83. The molecule has 26 heavy (non-hydrogen) atoms. The summed E-state index contributed by atoms with van der Waals surface area (Å²) in [6, 6.07) is 16.1. The molecule has 0 saturated heterocycles. The summed E-state index contributed by atoms with van der Waals surface area (Å²) in [6.45, 7) is 0. The number of fused-ring (bicyclic) bond motifs is 2. The van der Waals surface area contributed by atoms with Crippen LogP contribution in [0.3, 0.4) is 0 Å². The molecule has 3 heterocycles. The van der Waals surface area contributed by atoms with E-state index in [1.54, 1.807) is 4.68 Å². The summed E-state index contributed by atoms with van der Waals surface area (Å²) < 4.78 is 1.74. The van der Waals surface area contributed by atoms with Crippen LogP contribution < -0.4 is 5.32 Å². The summed E-state index contributed by atoms with van der Waals surface area (Å²) in [5.41, 5.74) is 5.81. The number of nitrogens with zero attached hydrogens (tertiary/aromatic N) is 4. The van der Waals surface area contributed by atoms with E-state index in [9.17, 15) is 4.79 Å². The van der Waals surface area contributed by atoms with Crippen molar-refractivity contribution in [2.75, 3.05) is 5.32 Å². The number of benzene rings is 2. The number of carbonyl (C=O) groups is 1. The zero-order valence-electron chi connectivity index (χ0n) is 14.1. The van der Waals surface area contributed by atoms with Crippen LogP contribution in [0.4, 0.5) is 5.82 Å². The van der Waals surface area contributed by atoms with Crippen LogP contribution in [0, 0.1) is 0 Å². The molecule has 2 aromatic heterocycles.